The van der Waals surface area contributed by atoms with Gasteiger partial charge in [0.25, 0.3) is 0 Å². The predicted octanol–water partition coefficient (Wildman–Crippen LogP) is 0.507. The van der Waals surface area contributed by atoms with E-state index < -0.39 is 27.6 Å². The van der Waals surface area contributed by atoms with Crippen LogP contribution in [0.25, 0.3) is 0 Å². The molecule has 6 nitrogen and oxygen atoms in total. The third kappa shape index (κ3) is 4.42. The van der Waals surface area contributed by atoms with E-state index in [1.54, 1.807) is 6.92 Å². The van der Waals surface area contributed by atoms with Gasteiger partial charge in [0, 0.05) is 12.0 Å². The maximum atomic E-state index is 11.7. The molecular formula is C15H23NO5S. The SMILES string of the molecule is CCS(=O)(=O)NCC1(COc2ccccc2)C[C@@H](O)[C@@H](O)C1. The molecular weight excluding hydrogens is 306 g/mol. The maximum Gasteiger partial charge on any atom is 0.211 e. The third-order valence-corrected chi connectivity index (χ3v) is 5.41. The summed E-state index contributed by atoms with van der Waals surface area (Å²) in [6.07, 6.45) is -1.11. The third-order valence-electron chi connectivity index (χ3n) is 4.06. The van der Waals surface area contributed by atoms with Crippen LogP contribution >= 0.6 is 0 Å². The van der Waals surface area contributed by atoms with E-state index in [0.717, 1.165) is 0 Å². The Morgan fingerprint density at radius 2 is 1.82 bits per heavy atom. The molecule has 1 aromatic rings. The first-order chi connectivity index (χ1) is 10.4. The summed E-state index contributed by atoms with van der Waals surface area (Å²) in [6, 6.07) is 9.19. The van der Waals surface area contributed by atoms with Crippen molar-refractivity contribution in [2.45, 2.75) is 32.0 Å². The monoisotopic (exact) mass is 329 g/mol. The summed E-state index contributed by atoms with van der Waals surface area (Å²) in [5, 5.41) is 19.7. The average molecular weight is 329 g/mol. The quantitative estimate of drug-likeness (QED) is 0.677. The van der Waals surface area contributed by atoms with Gasteiger partial charge in [-0.3, -0.25) is 0 Å². The zero-order chi connectivity index (χ0) is 16.2. The smallest absolute Gasteiger partial charge is 0.211 e. The Morgan fingerprint density at radius 1 is 1.23 bits per heavy atom. The number of hydrogen-bond acceptors (Lipinski definition) is 5. The van der Waals surface area contributed by atoms with Gasteiger partial charge in [-0.1, -0.05) is 18.2 Å². The van der Waals surface area contributed by atoms with Crippen molar-refractivity contribution in [3.8, 4) is 5.75 Å². The summed E-state index contributed by atoms with van der Waals surface area (Å²) in [5.74, 6) is 0.671. The molecule has 1 fully saturated rings. The molecule has 0 heterocycles. The van der Waals surface area contributed by atoms with Gasteiger partial charge in [-0.15, -0.1) is 0 Å². The van der Waals surface area contributed by atoms with Gasteiger partial charge in [0.2, 0.25) is 10.0 Å². The van der Waals surface area contributed by atoms with Crippen molar-refractivity contribution in [1.82, 2.24) is 4.72 Å². The first-order valence-electron chi connectivity index (χ1n) is 7.37. The molecule has 2 rings (SSSR count). The molecule has 0 spiro atoms. The summed E-state index contributed by atoms with van der Waals surface area (Å²) in [4.78, 5) is 0. The van der Waals surface area contributed by atoms with Crippen molar-refractivity contribution in [3.05, 3.63) is 30.3 Å². The Labute approximate surface area is 131 Å². The number of aliphatic hydroxyl groups excluding tert-OH is 2. The number of hydrogen-bond donors (Lipinski definition) is 3. The molecule has 1 aliphatic rings. The molecule has 0 radical (unpaired) electrons. The van der Waals surface area contributed by atoms with Crippen LogP contribution in [-0.4, -0.2) is 49.7 Å². The molecule has 22 heavy (non-hydrogen) atoms. The highest BCUT2D eigenvalue weighted by atomic mass is 32.2. The van der Waals surface area contributed by atoms with Crippen molar-refractivity contribution >= 4 is 10.0 Å². The standard InChI is InChI=1S/C15H23NO5S/c1-2-22(19,20)16-10-15(8-13(17)14(18)9-15)11-21-12-6-4-3-5-7-12/h3-7,13-14,16-18H,2,8-11H2,1H3/t13-,14+,15?. The zero-order valence-electron chi connectivity index (χ0n) is 12.6. The highest BCUT2D eigenvalue weighted by Crippen LogP contribution is 2.38. The summed E-state index contributed by atoms with van der Waals surface area (Å²) in [7, 11) is -3.33. The van der Waals surface area contributed by atoms with Gasteiger partial charge in [-0.2, -0.15) is 0 Å². The molecule has 1 unspecified atom stereocenters. The Morgan fingerprint density at radius 3 is 2.36 bits per heavy atom. The lowest BCUT2D eigenvalue weighted by molar-refractivity contribution is 0.0438. The minimum Gasteiger partial charge on any atom is -0.493 e. The molecule has 7 heteroatoms. The van der Waals surface area contributed by atoms with Crippen LogP contribution in [0, 0.1) is 5.41 Å². The van der Waals surface area contributed by atoms with Crippen LogP contribution in [0.15, 0.2) is 30.3 Å². The van der Waals surface area contributed by atoms with Gasteiger partial charge in [0.1, 0.15) is 5.75 Å². The molecule has 3 N–H and O–H groups in total. The van der Waals surface area contributed by atoms with E-state index in [-0.39, 0.29) is 18.9 Å². The largest absolute Gasteiger partial charge is 0.493 e. The van der Waals surface area contributed by atoms with Crippen LogP contribution in [0.3, 0.4) is 0 Å². The van der Waals surface area contributed by atoms with E-state index in [4.69, 9.17) is 4.74 Å². The van der Waals surface area contributed by atoms with E-state index in [0.29, 0.717) is 18.6 Å². The Balaban J connectivity index is 2.06. The van der Waals surface area contributed by atoms with E-state index in [2.05, 4.69) is 4.72 Å². The molecule has 0 amide bonds. The molecule has 1 aliphatic carbocycles. The first-order valence-corrected chi connectivity index (χ1v) is 9.02. The van der Waals surface area contributed by atoms with Crippen LogP contribution in [0.2, 0.25) is 0 Å². The minimum absolute atomic E-state index is 0.00622. The Bertz CT molecular complexity index is 565. The lowest BCUT2D eigenvalue weighted by Crippen LogP contribution is -2.41. The normalized spacial score (nSPS) is 28.7. The maximum absolute atomic E-state index is 11.7. The fourth-order valence-electron chi connectivity index (χ4n) is 2.67. The molecule has 124 valence electrons. The number of benzene rings is 1. The number of sulfonamides is 1. The number of rotatable bonds is 7. The van der Waals surface area contributed by atoms with E-state index in [1.807, 2.05) is 30.3 Å². The average Bonchev–Trinajstić information content (AvgIpc) is 2.80. The van der Waals surface area contributed by atoms with Crippen molar-refractivity contribution in [1.29, 1.82) is 0 Å². The molecule has 0 saturated heterocycles. The molecule has 0 aromatic heterocycles. The summed E-state index contributed by atoms with van der Waals surface area (Å²) < 4.78 is 31.6. The van der Waals surface area contributed by atoms with Gasteiger partial charge >= 0.3 is 0 Å². The van der Waals surface area contributed by atoms with Crippen LogP contribution in [-0.2, 0) is 10.0 Å². The fraction of sp³-hybridized carbons (Fsp3) is 0.600. The van der Waals surface area contributed by atoms with Crippen LogP contribution in [0.1, 0.15) is 19.8 Å². The Kier molecular flexibility index (Phi) is 5.44. The van der Waals surface area contributed by atoms with Gasteiger partial charge in [0.15, 0.2) is 0 Å². The minimum atomic E-state index is -3.33. The second-order valence-electron chi connectivity index (χ2n) is 5.87. The first kappa shape index (κ1) is 17.2. The molecule has 1 saturated carbocycles. The number of ether oxygens (including phenoxy) is 1. The lowest BCUT2D eigenvalue weighted by atomic mass is 9.87. The predicted molar refractivity (Wildman–Crippen MR) is 83.1 cm³/mol. The van der Waals surface area contributed by atoms with Gasteiger partial charge in [-0.05, 0) is 31.9 Å². The lowest BCUT2D eigenvalue weighted by Gasteiger charge is -2.29. The number of para-hydroxylation sites is 1. The van der Waals surface area contributed by atoms with Crippen molar-refractivity contribution in [2.75, 3.05) is 18.9 Å². The van der Waals surface area contributed by atoms with Crippen LogP contribution < -0.4 is 9.46 Å². The highest BCUT2D eigenvalue weighted by Gasteiger charge is 2.45. The summed E-state index contributed by atoms with van der Waals surface area (Å²) >= 11 is 0. The molecule has 1 aromatic carbocycles. The second kappa shape index (κ2) is 6.95. The van der Waals surface area contributed by atoms with Crippen LogP contribution in [0.4, 0.5) is 0 Å². The van der Waals surface area contributed by atoms with Crippen LogP contribution in [0.5, 0.6) is 5.75 Å². The fourth-order valence-corrected chi connectivity index (χ4v) is 3.40. The molecule has 3 atom stereocenters. The summed E-state index contributed by atoms with van der Waals surface area (Å²) in [6.45, 7) is 1.94. The topological polar surface area (TPSA) is 95.9 Å². The van der Waals surface area contributed by atoms with Crippen molar-refractivity contribution in [2.24, 2.45) is 5.41 Å². The van der Waals surface area contributed by atoms with Gasteiger partial charge < -0.3 is 14.9 Å². The van der Waals surface area contributed by atoms with Crippen molar-refractivity contribution < 1.29 is 23.4 Å². The highest BCUT2D eigenvalue weighted by molar-refractivity contribution is 7.89. The molecule has 0 aliphatic heterocycles. The number of aliphatic hydroxyl groups is 2. The number of nitrogens with one attached hydrogen (secondary N) is 1. The van der Waals surface area contributed by atoms with Gasteiger partial charge in [0.05, 0.1) is 24.6 Å². The second-order valence-corrected chi connectivity index (χ2v) is 7.96. The summed E-state index contributed by atoms with van der Waals surface area (Å²) in [5.41, 5.74) is -0.614. The van der Waals surface area contributed by atoms with Crippen molar-refractivity contribution in [3.63, 3.8) is 0 Å². The van der Waals surface area contributed by atoms with E-state index in [1.165, 1.54) is 0 Å². The zero-order valence-corrected chi connectivity index (χ0v) is 13.4. The van der Waals surface area contributed by atoms with E-state index >= 15 is 0 Å². The molecule has 0 bridgehead atoms. The van der Waals surface area contributed by atoms with Gasteiger partial charge in [-0.25, -0.2) is 13.1 Å². The Hall–Kier alpha value is -1.15. The van der Waals surface area contributed by atoms with E-state index in [9.17, 15) is 18.6 Å².